The summed E-state index contributed by atoms with van der Waals surface area (Å²) >= 11 is 0. The van der Waals surface area contributed by atoms with Gasteiger partial charge in [-0.1, -0.05) is 24.3 Å². The van der Waals surface area contributed by atoms with Gasteiger partial charge < -0.3 is 8.83 Å². The van der Waals surface area contributed by atoms with Gasteiger partial charge in [-0.25, -0.2) is 0 Å². The summed E-state index contributed by atoms with van der Waals surface area (Å²) in [7, 11) is 0. The summed E-state index contributed by atoms with van der Waals surface area (Å²) in [6, 6.07) is 13.1. The Bertz CT molecular complexity index is 1050. The van der Waals surface area contributed by atoms with Gasteiger partial charge in [-0.2, -0.15) is 0 Å². The molecule has 5 heteroatoms. The van der Waals surface area contributed by atoms with Crippen LogP contribution in [0.1, 0.15) is 28.4 Å². The van der Waals surface area contributed by atoms with Gasteiger partial charge in [0.15, 0.2) is 11.5 Å². The normalized spacial score (nSPS) is 11.2. The number of ketones is 1. The SMILES string of the molecule is CC(=O)c1ccc(-c2nnc(-c3cc4c(C)ccc(C)c4o3)o2)cc1. The predicted octanol–water partition coefficient (Wildman–Crippen LogP) is 4.97. The summed E-state index contributed by atoms with van der Waals surface area (Å²) in [6.07, 6.45) is 0. The molecule has 5 nitrogen and oxygen atoms in total. The average molecular weight is 332 g/mol. The zero-order chi connectivity index (χ0) is 17.6. The molecule has 0 atom stereocenters. The molecule has 0 amide bonds. The van der Waals surface area contributed by atoms with E-state index >= 15 is 0 Å². The molecular weight excluding hydrogens is 316 g/mol. The number of nitrogens with zero attached hydrogens (tertiary/aromatic N) is 2. The molecule has 124 valence electrons. The number of Topliss-reactive ketones (excluding diaryl/α,β-unsaturated/α-hetero) is 1. The number of carbonyl (C=O) groups excluding carboxylic acids is 1. The molecule has 0 unspecified atom stereocenters. The van der Waals surface area contributed by atoms with E-state index in [2.05, 4.69) is 16.3 Å². The molecule has 0 aliphatic rings. The molecule has 2 aromatic heterocycles. The number of benzene rings is 2. The van der Waals surface area contributed by atoms with Crippen LogP contribution in [0.5, 0.6) is 0 Å². The Balaban J connectivity index is 1.73. The molecule has 0 spiro atoms. The Morgan fingerprint density at radius 1 is 0.880 bits per heavy atom. The van der Waals surface area contributed by atoms with Gasteiger partial charge >= 0.3 is 0 Å². The largest absolute Gasteiger partial charge is 0.451 e. The summed E-state index contributed by atoms with van der Waals surface area (Å²) in [4.78, 5) is 11.4. The fraction of sp³-hybridized carbons (Fsp3) is 0.150. The van der Waals surface area contributed by atoms with E-state index in [0.29, 0.717) is 23.1 Å². The maximum atomic E-state index is 11.4. The van der Waals surface area contributed by atoms with Gasteiger partial charge in [-0.3, -0.25) is 4.79 Å². The second-order valence-electron chi connectivity index (χ2n) is 6.10. The van der Waals surface area contributed by atoms with Gasteiger partial charge in [-0.05, 0) is 50.1 Å². The van der Waals surface area contributed by atoms with Gasteiger partial charge in [0.25, 0.3) is 5.89 Å². The summed E-state index contributed by atoms with van der Waals surface area (Å²) in [5, 5.41) is 9.23. The van der Waals surface area contributed by atoms with Crippen LogP contribution in [0, 0.1) is 13.8 Å². The molecule has 4 aromatic rings. The summed E-state index contributed by atoms with van der Waals surface area (Å²) in [5.74, 6) is 1.29. The standard InChI is InChI=1S/C20H16N2O3/c1-11-4-5-12(2)18-16(11)10-17(24-18)20-22-21-19(25-20)15-8-6-14(7-9-15)13(3)23/h4-10H,1-3H3. The Morgan fingerprint density at radius 2 is 1.56 bits per heavy atom. The quantitative estimate of drug-likeness (QED) is 0.495. The monoisotopic (exact) mass is 332 g/mol. The van der Waals surface area contributed by atoms with Crippen LogP contribution in [0.4, 0.5) is 0 Å². The number of aromatic nitrogens is 2. The molecule has 0 bridgehead atoms. The Hall–Kier alpha value is -3.21. The summed E-state index contributed by atoms with van der Waals surface area (Å²) < 4.78 is 11.7. The Morgan fingerprint density at radius 3 is 2.24 bits per heavy atom. The molecular formula is C20H16N2O3. The zero-order valence-corrected chi connectivity index (χ0v) is 14.2. The van der Waals surface area contributed by atoms with Crippen molar-refractivity contribution >= 4 is 16.8 Å². The van der Waals surface area contributed by atoms with E-state index in [0.717, 1.165) is 27.7 Å². The first-order chi connectivity index (χ1) is 12.0. The number of hydrogen-bond donors (Lipinski definition) is 0. The first kappa shape index (κ1) is 15.3. The van der Waals surface area contributed by atoms with E-state index in [1.54, 1.807) is 24.3 Å². The van der Waals surface area contributed by atoms with Crippen LogP contribution in [0.15, 0.2) is 51.3 Å². The lowest BCUT2D eigenvalue weighted by Crippen LogP contribution is -1.90. The van der Waals surface area contributed by atoms with Crippen molar-refractivity contribution in [3.63, 3.8) is 0 Å². The third kappa shape index (κ3) is 2.63. The van der Waals surface area contributed by atoms with Crippen molar-refractivity contribution in [2.24, 2.45) is 0 Å². The highest BCUT2D eigenvalue weighted by atomic mass is 16.4. The number of fused-ring (bicyclic) bond motifs is 1. The van der Waals surface area contributed by atoms with E-state index in [1.807, 2.05) is 26.0 Å². The third-order valence-corrected chi connectivity index (χ3v) is 4.27. The van der Waals surface area contributed by atoms with Gasteiger partial charge in [0.1, 0.15) is 5.58 Å². The molecule has 2 aromatic carbocycles. The van der Waals surface area contributed by atoms with Crippen molar-refractivity contribution < 1.29 is 13.6 Å². The molecule has 0 aliphatic carbocycles. The molecule has 25 heavy (non-hydrogen) atoms. The number of furan rings is 1. The molecule has 0 saturated heterocycles. The lowest BCUT2D eigenvalue weighted by Gasteiger charge is -1.97. The number of hydrogen-bond acceptors (Lipinski definition) is 5. The molecule has 4 rings (SSSR count). The average Bonchev–Trinajstić information content (AvgIpc) is 3.26. The van der Waals surface area contributed by atoms with E-state index in [-0.39, 0.29) is 5.78 Å². The lowest BCUT2D eigenvalue weighted by molar-refractivity contribution is 0.101. The minimum atomic E-state index is 0.0192. The second kappa shape index (κ2) is 5.70. The highest BCUT2D eigenvalue weighted by Crippen LogP contribution is 2.32. The maximum Gasteiger partial charge on any atom is 0.283 e. The molecule has 0 aliphatic heterocycles. The molecule has 0 fully saturated rings. The van der Waals surface area contributed by atoms with Gasteiger partial charge in [0.05, 0.1) is 0 Å². The first-order valence-corrected chi connectivity index (χ1v) is 7.98. The fourth-order valence-corrected chi connectivity index (χ4v) is 2.78. The van der Waals surface area contributed by atoms with Crippen molar-refractivity contribution in [2.45, 2.75) is 20.8 Å². The zero-order valence-electron chi connectivity index (χ0n) is 14.2. The van der Waals surface area contributed by atoms with Crippen molar-refractivity contribution in [1.82, 2.24) is 10.2 Å². The van der Waals surface area contributed by atoms with Crippen molar-refractivity contribution in [1.29, 1.82) is 0 Å². The third-order valence-electron chi connectivity index (χ3n) is 4.27. The molecule has 2 heterocycles. The lowest BCUT2D eigenvalue weighted by atomic mass is 10.1. The Labute approximate surface area is 144 Å². The van der Waals surface area contributed by atoms with Crippen LogP contribution < -0.4 is 0 Å². The second-order valence-corrected chi connectivity index (χ2v) is 6.10. The fourth-order valence-electron chi connectivity index (χ4n) is 2.78. The smallest absolute Gasteiger partial charge is 0.283 e. The highest BCUT2D eigenvalue weighted by molar-refractivity contribution is 5.94. The highest BCUT2D eigenvalue weighted by Gasteiger charge is 2.16. The van der Waals surface area contributed by atoms with E-state index < -0.39 is 0 Å². The van der Waals surface area contributed by atoms with Crippen LogP contribution in [0.2, 0.25) is 0 Å². The van der Waals surface area contributed by atoms with Crippen LogP contribution in [-0.2, 0) is 0 Å². The van der Waals surface area contributed by atoms with Gasteiger partial charge in [-0.15, -0.1) is 10.2 Å². The van der Waals surface area contributed by atoms with E-state index in [1.165, 1.54) is 6.92 Å². The molecule has 0 N–H and O–H groups in total. The van der Waals surface area contributed by atoms with Crippen LogP contribution >= 0.6 is 0 Å². The first-order valence-electron chi connectivity index (χ1n) is 7.98. The van der Waals surface area contributed by atoms with Gasteiger partial charge in [0.2, 0.25) is 5.89 Å². The predicted molar refractivity (Wildman–Crippen MR) is 94.4 cm³/mol. The number of carbonyl (C=O) groups is 1. The van der Waals surface area contributed by atoms with Crippen LogP contribution in [-0.4, -0.2) is 16.0 Å². The summed E-state index contributed by atoms with van der Waals surface area (Å²) in [5.41, 5.74) is 4.43. The van der Waals surface area contributed by atoms with Crippen LogP contribution in [0.25, 0.3) is 34.1 Å². The number of rotatable bonds is 3. The van der Waals surface area contributed by atoms with Crippen molar-refractivity contribution in [3.8, 4) is 23.1 Å². The van der Waals surface area contributed by atoms with Crippen LogP contribution in [0.3, 0.4) is 0 Å². The molecule has 0 saturated carbocycles. The van der Waals surface area contributed by atoms with E-state index in [9.17, 15) is 4.79 Å². The van der Waals surface area contributed by atoms with E-state index in [4.69, 9.17) is 8.83 Å². The van der Waals surface area contributed by atoms with Gasteiger partial charge in [0, 0.05) is 16.5 Å². The van der Waals surface area contributed by atoms with Crippen molar-refractivity contribution in [2.75, 3.05) is 0 Å². The number of aryl methyl sites for hydroxylation is 2. The molecule has 0 radical (unpaired) electrons. The minimum Gasteiger partial charge on any atom is -0.451 e. The summed E-state index contributed by atoms with van der Waals surface area (Å²) in [6.45, 7) is 5.58. The maximum absolute atomic E-state index is 11.4. The topological polar surface area (TPSA) is 69.1 Å². The minimum absolute atomic E-state index is 0.0192. The van der Waals surface area contributed by atoms with Crippen molar-refractivity contribution in [3.05, 3.63) is 59.2 Å². The Kier molecular flexibility index (Phi) is 3.50.